The lowest BCUT2D eigenvalue weighted by atomic mass is 10.0. The highest BCUT2D eigenvalue weighted by molar-refractivity contribution is 6.31. The van der Waals surface area contributed by atoms with Gasteiger partial charge in [0.25, 0.3) is 0 Å². The van der Waals surface area contributed by atoms with Gasteiger partial charge in [-0.3, -0.25) is 4.99 Å². The van der Waals surface area contributed by atoms with Crippen molar-refractivity contribution in [2.24, 2.45) is 4.99 Å². The number of hydrogen-bond acceptors (Lipinski definition) is 5. The number of alkyl halides is 1. The monoisotopic (exact) mass is 413 g/mol. The molecule has 4 rings (SSSR count). The zero-order valence-corrected chi connectivity index (χ0v) is 16.2. The highest BCUT2D eigenvalue weighted by atomic mass is 35.5. The molecule has 3 heterocycles. The molecule has 1 unspecified atom stereocenters. The van der Waals surface area contributed by atoms with E-state index in [1.807, 2.05) is 30.3 Å². The molecule has 1 aliphatic heterocycles. The molecule has 0 radical (unpaired) electrons. The first-order valence-electron chi connectivity index (χ1n) is 8.65. The van der Waals surface area contributed by atoms with E-state index in [9.17, 15) is 5.11 Å². The number of nitrogens with zero attached hydrogens (tertiary/aromatic N) is 3. The summed E-state index contributed by atoms with van der Waals surface area (Å²) in [4.78, 5) is 15.4. The van der Waals surface area contributed by atoms with Gasteiger partial charge in [0.15, 0.2) is 5.00 Å². The molecule has 0 saturated carbocycles. The lowest BCUT2D eigenvalue weighted by Gasteiger charge is -2.21. The average molecular weight is 414 g/mol. The molecule has 1 aliphatic rings. The van der Waals surface area contributed by atoms with Crippen molar-refractivity contribution in [3.63, 3.8) is 0 Å². The van der Waals surface area contributed by atoms with E-state index in [2.05, 4.69) is 15.0 Å². The molecule has 0 spiro atoms. The second kappa shape index (κ2) is 7.39. The van der Waals surface area contributed by atoms with Crippen LogP contribution in [0.4, 0.5) is 5.95 Å². The summed E-state index contributed by atoms with van der Waals surface area (Å²) in [5, 5.41) is 10.1. The number of allylic oxidation sites excluding steroid dienone is 1. The molecule has 28 heavy (non-hydrogen) atoms. The number of aliphatic hydroxyl groups excluding tert-OH is 1. The van der Waals surface area contributed by atoms with E-state index in [1.165, 1.54) is 0 Å². The largest absolute Gasteiger partial charge is 0.396 e. The molecule has 0 amide bonds. The van der Waals surface area contributed by atoms with E-state index in [-0.39, 0.29) is 12.6 Å². The van der Waals surface area contributed by atoms with Crippen LogP contribution in [-0.4, -0.2) is 32.4 Å². The Bertz CT molecular complexity index is 1060. The number of aromatic amines is 1. The quantitative estimate of drug-likeness (QED) is 0.438. The van der Waals surface area contributed by atoms with E-state index in [4.69, 9.17) is 33.9 Å². The Balaban J connectivity index is 1.87. The molecule has 0 fully saturated rings. The van der Waals surface area contributed by atoms with Crippen LogP contribution in [0, 0.1) is 0 Å². The molecule has 6 nitrogen and oxygen atoms in total. The van der Waals surface area contributed by atoms with Crippen molar-refractivity contribution in [3.05, 3.63) is 76.7 Å². The maximum Gasteiger partial charge on any atom is 0.220 e. The third-order valence-corrected chi connectivity index (χ3v) is 5.08. The predicted molar refractivity (Wildman–Crippen MR) is 112 cm³/mol. The van der Waals surface area contributed by atoms with Gasteiger partial charge < -0.3 is 15.8 Å². The van der Waals surface area contributed by atoms with Crippen LogP contribution in [0.15, 0.2) is 59.7 Å². The van der Waals surface area contributed by atoms with Crippen LogP contribution in [0.2, 0.25) is 5.02 Å². The number of H-pyrrole nitrogens is 1. The van der Waals surface area contributed by atoms with E-state index >= 15 is 0 Å². The molecule has 0 bridgehead atoms. The highest BCUT2D eigenvalue weighted by Gasteiger charge is 2.36. The fourth-order valence-corrected chi connectivity index (χ4v) is 3.60. The minimum Gasteiger partial charge on any atom is -0.396 e. The van der Waals surface area contributed by atoms with Crippen LogP contribution in [-0.2, 0) is 11.4 Å². The first-order valence-corrected chi connectivity index (χ1v) is 9.41. The Morgan fingerprint density at radius 1 is 1.14 bits per heavy atom. The number of halogens is 2. The maximum absolute atomic E-state index is 9.47. The minimum atomic E-state index is -1.24. The molecule has 8 heteroatoms. The van der Waals surface area contributed by atoms with E-state index in [0.29, 0.717) is 34.1 Å². The number of anilines is 1. The van der Waals surface area contributed by atoms with Gasteiger partial charge in [0.2, 0.25) is 5.95 Å². The fourth-order valence-electron chi connectivity index (χ4n) is 3.19. The topological polar surface area (TPSA) is 100 Å². The summed E-state index contributed by atoms with van der Waals surface area (Å²) >= 11 is 12.9. The van der Waals surface area contributed by atoms with Crippen molar-refractivity contribution >= 4 is 34.9 Å². The molecule has 1 aromatic carbocycles. The molecule has 4 N–H and O–H groups in total. The van der Waals surface area contributed by atoms with Gasteiger partial charge in [-0.05, 0) is 42.0 Å². The van der Waals surface area contributed by atoms with Gasteiger partial charge in [0.1, 0.15) is 5.69 Å². The number of nitrogen functional groups attached to an aromatic ring is 1. The molecular weight excluding hydrogens is 397 g/mol. The maximum atomic E-state index is 9.47. The number of benzene rings is 1. The summed E-state index contributed by atoms with van der Waals surface area (Å²) in [6.45, 7) is -0.0754. The van der Waals surface area contributed by atoms with Crippen molar-refractivity contribution in [2.75, 3.05) is 12.3 Å². The van der Waals surface area contributed by atoms with Gasteiger partial charge in [0, 0.05) is 35.5 Å². The number of nitrogens with two attached hydrogens (primary N) is 1. The Kier molecular flexibility index (Phi) is 4.93. The minimum absolute atomic E-state index is 0.0754. The van der Waals surface area contributed by atoms with Gasteiger partial charge in [-0.2, -0.15) is 0 Å². The third-order valence-electron chi connectivity index (χ3n) is 4.43. The Morgan fingerprint density at radius 2 is 1.93 bits per heavy atom. The van der Waals surface area contributed by atoms with Gasteiger partial charge in [0.05, 0.1) is 11.4 Å². The van der Waals surface area contributed by atoms with Crippen molar-refractivity contribution in [2.45, 2.75) is 11.4 Å². The van der Waals surface area contributed by atoms with Crippen LogP contribution in [0.1, 0.15) is 17.0 Å². The van der Waals surface area contributed by atoms with Gasteiger partial charge in [-0.25, -0.2) is 9.97 Å². The fraction of sp³-hybridized carbons (Fsp3) is 0.150. The standard InChI is InChI=1S/C20H17Cl2N5O/c21-13-5-3-12(4-6-13)14-7-9-20(22,27-14)18-17(15-2-1-10-24-15)16(8-11-28)25-19(23)26-18/h1-7,9-10,24,28H,8,11H2,(H2,23,25,26). The molecule has 3 aromatic rings. The van der Waals surface area contributed by atoms with Gasteiger partial charge in [-0.15, -0.1) is 0 Å². The molecule has 1 atom stereocenters. The zero-order chi connectivity index (χ0) is 19.7. The van der Waals surface area contributed by atoms with Gasteiger partial charge in [-0.1, -0.05) is 35.3 Å². The summed E-state index contributed by atoms with van der Waals surface area (Å²) in [5.41, 5.74) is 10.1. The van der Waals surface area contributed by atoms with Crippen molar-refractivity contribution in [3.8, 4) is 11.3 Å². The van der Waals surface area contributed by atoms with E-state index in [1.54, 1.807) is 24.4 Å². The predicted octanol–water partition coefficient (Wildman–Crippen LogP) is 3.69. The van der Waals surface area contributed by atoms with Crippen LogP contribution >= 0.6 is 23.2 Å². The number of aliphatic imine (C=N–C) groups is 1. The first kappa shape index (κ1) is 18.7. The smallest absolute Gasteiger partial charge is 0.220 e. The van der Waals surface area contributed by atoms with Crippen molar-refractivity contribution in [1.82, 2.24) is 15.0 Å². The SMILES string of the molecule is Nc1nc(CCO)c(-c2ccc[nH]2)c(C2(Cl)C=CC(c3ccc(Cl)cc3)=N2)n1. The van der Waals surface area contributed by atoms with E-state index < -0.39 is 5.00 Å². The van der Waals surface area contributed by atoms with Gasteiger partial charge >= 0.3 is 0 Å². The van der Waals surface area contributed by atoms with Crippen LogP contribution < -0.4 is 5.73 Å². The third kappa shape index (κ3) is 3.42. The highest BCUT2D eigenvalue weighted by Crippen LogP contribution is 2.42. The van der Waals surface area contributed by atoms with Crippen LogP contribution in [0.25, 0.3) is 11.3 Å². The normalized spacial score (nSPS) is 18.5. The second-order valence-corrected chi connectivity index (χ2v) is 7.33. The van der Waals surface area contributed by atoms with Crippen molar-refractivity contribution in [1.29, 1.82) is 0 Å². The summed E-state index contributed by atoms with van der Waals surface area (Å²) in [7, 11) is 0. The number of rotatable bonds is 5. The van der Waals surface area contributed by atoms with Crippen molar-refractivity contribution < 1.29 is 5.11 Å². The summed E-state index contributed by atoms with van der Waals surface area (Å²) in [6, 6.07) is 11.1. The zero-order valence-electron chi connectivity index (χ0n) is 14.7. The number of aliphatic hydroxyl groups is 1. The van der Waals surface area contributed by atoms with Crippen LogP contribution in [0.5, 0.6) is 0 Å². The molecule has 0 saturated heterocycles. The Labute approximate surface area is 171 Å². The van der Waals surface area contributed by atoms with E-state index in [0.717, 1.165) is 11.3 Å². The summed E-state index contributed by atoms with van der Waals surface area (Å²) in [5.74, 6) is 0.0809. The first-order chi connectivity index (χ1) is 13.5. The average Bonchev–Trinajstić information content (AvgIpc) is 3.33. The van der Waals surface area contributed by atoms with Crippen LogP contribution in [0.3, 0.4) is 0 Å². The molecular formula is C20H17Cl2N5O. The number of aromatic nitrogens is 3. The Hall–Kier alpha value is -2.67. The Morgan fingerprint density at radius 3 is 2.61 bits per heavy atom. The summed E-state index contributed by atoms with van der Waals surface area (Å²) < 4.78 is 0. The number of hydrogen-bond donors (Lipinski definition) is 3. The summed E-state index contributed by atoms with van der Waals surface area (Å²) in [6.07, 6.45) is 5.73. The molecule has 0 aliphatic carbocycles. The molecule has 142 valence electrons. The lowest BCUT2D eigenvalue weighted by molar-refractivity contribution is 0.298. The number of nitrogens with one attached hydrogen (secondary N) is 1. The second-order valence-electron chi connectivity index (χ2n) is 6.32. The molecule has 2 aromatic heterocycles. The lowest BCUT2D eigenvalue weighted by Crippen LogP contribution is -2.19.